The van der Waals surface area contributed by atoms with Crippen LogP contribution in [-0.4, -0.2) is 34.4 Å². The predicted octanol–water partition coefficient (Wildman–Crippen LogP) is 4.95. The van der Waals surface area contributed by atoms with Gasteiger partial charge >= 0.3 is 0 Å². The summed E-state index contributed by atoms with van der Waals surface area (Å²) in [5.41, 5.74) is 2.09. The fraction of sp³-hybridized carbons (Fsp3) is 0.483. The molecule has 4 nitrogen and oxygen atoms in total. The molecule has 0 aromatic heterocycles. The number of aliphatic hydroxyl groups is 2. The van der Waals surface area contributed by atoms with E-state index in [2.05, 4.69) is 61.7 Å². The standard InChI is InChI=1S/C29H39NO3/c1-4-5-6-7-8-9-12-24-19-22-15-14-20(2)18-23-16-17-26(31)28(32)27(23)21(3)11-10-13-25(22)29(33)30-24/h6-11,13-18,22-28,31-32H,4-5,12,19H2,1-3H3,(H,30,33)/b7-6+,9-8+,13-10?,15-14-,20-18-,21-11-/t22-,23-,24+,25+,26-,27-,28-/m0/s1. The van der Waals surface area contributed by atoms with Crippen LogP contribution in [0.25, 0.3) is 0 Å². The highest BCUT2D eigenvalue weighted by molar-refractivity contribution is 5.82. The van der Waals surface area contributed by atoms with Gasteiger partial charge in [-0.3, -0.25) is 4.79 Å². The Morgan fingerprint density at radius 1 is 1.09 bits per heavy atom. The highest BCUT2D eigenvalue weighted by atomic mass is 16.3. The summed E-state index contributed by atoms with van der Waals surface area (Å²) in [6.07, 6.45) is 26.7. The summed E-state index contributed by atoms with van der Waals surface area (Å²) in [5.74, 6) is -0.215. The van der Waals surface area contributed by atoms with Crippen LogP contribution in [0.3, 0.4) is 0 Å². The van der Waals surface area contributed by atoms with E-state index in [-0.39, 0.29) is 35.6 Å². The van der Waals surface area contributed by atoms with E-state index in [1.807, 2.05) is 31.2 Å². The number of hydrogen-bond donors (Lipinski definition) is 3. The third-order valence-corrected chi connectivity index (χ3v) is 6.85. The zero-order chi connectivity index (χ0) is 23.8. The molecule has 0 saturated carbocycles. The Kier molecular flexibility index (Phi) is 9.28. The quantitative estimate of drug-likeness (QED) is 0.411. The summed E-state index contributed by atoms with van der Waals surface area (Å²) in [4.78, 5) is 13.0. The van der Waals surface area contributed by atoms with Gasteiger partial charge in [-0.05, 0) is 39.0 Å². The Balaban J connectivity index is 1.81. The van der Waals surface area contributed by atoms with E-state index in [1.165, 1.54) is 0 Å². The number of carbonyl (C=O) groups excluding carboxylic acids is 1. The third kappa shape index (κ3) is 6.78. The van der Waals surface area contributed by atoms with Gasteiger partial charge in [0, 0.05) is 17.9 Å². The van der Waals surface area contributed by atoms with Crippen molar-refractivity contribution >= 4 is 5.91 Å². The summed E-state index contributed by atoms with van der Waals surface area (Å²) in [5, 5.41) is 24.0. The molecule has 0 spiro atoms. The van der Waals surface area contributed by atoms with E-state index >= 15 is 0 Å². The predicted molar refractivity (Wildman–Crippen MR) is 135 cm³/mol. The van der Waals surface area contributed by atoms with Gasteiger partial charge in [-0.1, -0.05) is 97.4 Å². The molecule has 1 fully saturated rings. The maximum absolute atomic E-state index is 13.0. The topological polar surface area (TPSA) is 69.6 Å². The molecule has 0 aromatic carbocycles. The second kappa shape index (κ2) is 12.2. The first-order chi connectivity index (χ1) is 15.9. The number of piperidine rings is 1. The van der Waals surface area contributed by atoms with Crippen LogP contribution in [-0.2, 0) is 4.79 Å². The van der Waals surface area contributed by atoms with Crippen LogP contribution in [0.4, 0.5) is 0 Å². The Hall–Kier alpha value is -2.43. The highest BCUT2D eigenvalue weighted by Crippen LogP contribution is 2.34. The molecule has 1 saturated heterocycles. The first kappa shape index (κ1) is 25.2. The SMILES string of the molecule is CCC/C=C/C=C/C[C@@H]1C[C@@H]2/C=C\C(C)=C/[C@@H]3C=C[C@H](O)[C@H](O)[C@H]3/C(C)=C\C=C[C@H]2C(=O)N1. The van der Waals surface area contributed by atoms with Crippen molar-refractivity contribution in [3.05, 3.63) is 84.1 Å². The molecule has 1 heterocycles. The van der Waals surface area contributed by atoms with Crippen molar-refractivity contribution in [2.75, 3.05) is 0 Å². The van der Waals surface area contributed by atoms with E-state index in [9.17, 15) is 15.0 Å². The minimum absolute atomic E-state index is 0.0150. The Bertz CT molecular complexity index is 889. The smallest absolute Gasteiger partial charge is 0.227 e. The number of allylic oxidation sites excluding steroid dienone is 10. The van der Waals surface area contributed by atoms with Crippen molar-refractivity contribution in [1.82, 2.24) is 5.32 Å². The van der Waals surface area contributed by atoms with Gasteiger partial charge in [0.05, 0.1) is 18.1 Å². The van der Waals surface area contributed by atoms with Crippen molar-refractivity contribution in [3.8, 4) is 0 Å². The van der Waals surface area contributed by atoms with Crippen molar-refractivity contribution in [2.45, 2.75) is 64.7 Å². The number of nitrogens with one attached hydrogen (secondary N) is 1. The average molecular weight is 450 g/mol. The molecule has 3 N–H and O–H groups in total. The Morgan fingerprint density at radius 2 is 1.88 bits per heavy atom. The molecule has 3 rings (SSSR count). The molecule has 7 atom stereocenters. The number of hydrogen-bond acceptors (Lipinski definition) is 3. The third-order valence-electron chi connectivity index (χ3n) is 6.85. The van der Waals surface area contributed by atoms with Crippen molar-refractivity contribution in [3.63, 3.8) is 0 Å². The maximum atomic E-state index is 13.0. The Labute approximate surface area is 198 Å². The second-order valence-corrected chi connectivity index (χ2v) is 9.55. The van der Waals surface area contributed by atoms with Gasteiger partial charge in [0.1, 0.15) is 0 Å². The highest BCUT2D eigenvalue weighted by Gasteiger charge is 2.35. The van der Waals surface area contributed by atoms with Crippen molar-refractivity contribution in [2.24, 2.45) is 23.7 Å². The minimum atomic E-state index is -0.864. The van der Waals surface area contributed by atoms with Gasteiger partial charge in [0.25, 0.3) is 0 Å². The fourth-order valence-electron chi connectivity index (χ4n) is 4.99. The molecule has 0 unspecified atom stereocenters. The summed E-state index contributed by atoms with van der Waals surface area (Å²) >= 11 is 0. The molecular weight excluding hydrogens is 410 g/mol. The van der Waals surface area contributed by atoms with E-state index in [0.29, 0.717) is 0 Å². The van der Waals surface area contributed by atoms with E-state index in [4.69, 9.17) is 0 Å². The zero-order valence-corrected chi connectivity index (χ0v) is 20.1. The molecule has 178 valence electrons. The maximum Gasteiger partial charge on any atom is 0.227 e. The van der Waals surface area contributed by atoms with Crippen LogP contribution in [0, 0.1) is 23.7 Å². The number of fused-ring (bicyclic) bond motifs is 2. The molecule has 1 amide bonds. The summed E-state index contributed by atoms with van der Waals surface area (Å²) in [6, 6.07) is 0.129. The molecular formula is C29H39NO3. The van der Waals surface area contributed by atoms with Gasteiger partial charge in [-0.25, -0.2) is 0 Å². The summed E-state index contributed by atoms with van der Waals surface area (Å²) in [7, 11) is 0. The summed E-state index contributed by atoms with van der Waals surface area (Å²) < 4.78 is 0. The lowest BCUT2D eigenvalue weighted by Gasteiger charge is -2.35. The van der Waals surface area contributed by atoms with Crippen LogP contribution in [0.1, 0.15) is 46.5 Å². The molecule has 33 heavy (non-hydrogen) atoms. The lowest BCUT2D eigenvalue weighted by Crippen LogP contribution is -2.47. The molecule has 0 aromatic rings. The van der Waals surface area contributed by atoms with Gasteiger partial charge in [-0.15, -0.1) is 0 Å². The number of amides is 1. The fourth-order valence-corrected chi connectivity index (χ4v) is 4.99. The van der Waals surface area contributed by atoms with E-state index in [0.717, 1.165) is 36.8 Å². The number of unbranched alkanes of at least 4 members (excludes halogenated alkanes) is 1. The lowest BCUT2D eigenvalue weighted by molar-refractivity contribution is -0.127. The van der Waals surface area contributed by atoms with Gasteiger partial charge in [0.2, 0.25) is 5.91 Å². The molecule has 1 aliphatic heterocycles. The summed E-state index contributed by atoms with van der Waals surface area (Å²) in [6.45, 7) is 6.21. The van der Waals surface area contributed by atoms with E-state index < -0.39 is 12.2 Å². The number of aliphatic hydroxyl groups excluding tert-OH is 2. The van der Waals surface area contributed by atoms with Gasteiger partial charge < -0.3 is 15.5 Å². The van der Waals surface area contributed by atoms with E-state index in [1.54, 1.807) is 6.08 Å². The Morgan fingerprint density at radius 3 is 2.67 bits per heavy atom. The van der Waals surface area contributed by atoms with Crippen molar-refractivity contribution in [1.29, 1.82) is 0 Å². The normalized spacial score (nSPS) is 38.9. The molecule has 4 heteroatoms. The monoisotopic (exact) mass is 449 g/mol. The zero-order valence-electron chi connectivity index (χ0n) is 20.1. The molecule has 2 aliphatic carbocycles. The van der Waals surface area contributed by atoms with Crippen molar-refractivity contribution < 1.29 is 15.0 Å². The van der Waals surface area contributed by atoms with Crippen LogP contribution in [0.5, 0.6) is 0 Å². The minimum Gasteiger partial charge on any atom is -0.389 e. The van der Waals surface area contributed by atoms with Gasteiger partial charge in [0.15, 0.2) is 0 Å². The number of carbonyl (C=O) groups is 1. The van der Waals surface area contributed by atoms with Gasteiger partial charge in [-0.2, -0.15) is 0 Å². The molecule has 0 bridgehead atoms. The number of rotatable bonds is 5. The van der Waals surface area contributed by atoms with Crippen LogP contribution in [0.15, 0.2) is 84.1 Å². The van der Waals surface area contributed by atoms with Crippen LogP contribution in [0.2, 0.25) is 0 Å². The molecule has 3 aliphatic rings. The van der Waals surface area contributed by atoms with Crippen LogP contribution < -0.4 is 5.32 Å². The first-order valence-electron chi connectivity index (χ1n) is 12.3. The molecule has 0 radical (unpaired) electrons. The largest absolute Gasteiger partial charge is 0.389 e. The average Bonchev–Trinajstić information content (AvgIpc) is 2.78. The van der Waals surface area contributed by atoms with Crippen LogP contribution >= 0.6 is 0 Å². The first-order valence-corrected chi connectivity index (χ1v) is 12.3. The second-order valence-electron chi connectivity index (χ2n) is 9.55. The lowest BCUT2D eigenvalue weighted by atomic mass is 9.75.